The maximum absolute atomic E-state index is 12.5. The van der Waals surface area contributed by atoms with Crippen LogP contribution in [0.25, 0.3) is 24.3 Å². The van der Waals surface area contributed by atoms with E-state index >= 15 is 0 Å². The highest BCUT2D eigenvalue weighted by Crippen LogP contribution is 2.28. The molecule has 1 heterocycles. The number of aromatic hydroxyl groups is 2. The second-order valence-electron chi connectivity index (χ2n) is 6.85. The third-order valence-electron chi connectivity index (χ3n) is 4.66. The normalized spacial score (nSPS) is 11.2. The van der Waals surface area contributed by atoms with Gasteiger partial charge in [-0.1, -0.05) is 30.4 Å². The molecular formula is C25H22O7. The number of rotatable bonds is 7. The molecule has 0 aliphatic rings. The number of phenolic OH excluding ortho intramolecular Hbond substituents is 2. The van der Waals surface area contributed by atoms with Crippen molar-refractivity contribution in [2.24, 2.45) is 0 Å². The second kappa shape index (κ2) is 9.70. The van der Waals surface area contributed by atoms with Gasteiger partial charge in [-0.2, -0.15) is 0 Å². The molecule has 0 radical (unpaired) electrons. The zero-order valence-corrected chi connectivity index (χ0v) is 17.8. The van der Waals surface area contributed by atoms with E-state index in [9.17, 15) is 19.8 Å². The average Bonchev–Trinajstić information content (AvgIpc) is 2.77. The van der Waals surface area contributed by atoms with Gasteiger partial charge in [-0.15, -0.1) is 0 Å². The Hall–Kier alpha value is -4.26. The fourth-order valence-electron chi connectivity index (χ4n) is 3.05. The number of ether oxygens (including phenoxy) is 2. The van der Waals surface area contributed by atoms with Crippen LogP contribution in [0.15, 0.2) is 51.7 Å². The molecule has 0 bridgehead atoms. The van der Waals surface area contributed by atoms with Gasteiger partial charge in [0.25, 0.3) is 0 Å². The molecule has 0 saturated heterocycles. The van der Waals surface area contributed by atoms with Crippen molar-refractivity contribution in [1.29, 1.82) is 0 Å². The predicted molar refractivity (Wildman–Crippen MR) is 122 cm³/mol. The summed E-state index contributed by atoms with van der Waals surface area (Å²) < 4.78 is 15.5. The number of carbonyl (C=O) groups is 1. The predicted octanol–water partition coefficient (Wildman–Crippen LogP) is 4.61. The van der Waals surface area contributed by atoms with Crippen LogP contribution in [0.4, 0.5) is 0 Å². The molecule has 7 heteroatoms. The zero-order valence-electron chi connectivity index (χ0n) is 17.8. The van der Waals surface area contributed by atoms with E-state index in [4.69, 9.17) is 13.9 Å². The first kappa shape index (κ1) is 22.4. The molecular weight excluding hydrogens is 412 g/mol. The second-order valence-corrected chi connectivity index (χ2v) is 6.85. The van der Waals surface area contributed by atoms with Gasteiger partial charge in [0.2, 0.25) is 0 Å². The van der Waals surface area contributed by atoms with Crippen LogP contribution in [0.5, 0.6) is 23.0 Å². The topological polar surface area (TPSA) is 106 Å². The Morgan fingerprint density at radius 1 is 0.844 bits per heavy atom. The standard InChI is InChI=1S/C25H22O7/c1-15(26)24-18(8-4-16-6-10-20(27)22(12-16)30-2)14-19(32-25(24)29)9-5-17-7-11-21(28)23(13-17)31-3/h4-14,27-28H,1-3H3/b8-4+,9-5+. The van der Waals surface area contributed by atoms with Crippen LogP contribution >= 0.6 is 0 Å². The summed E-state index contributed by atoms with van der Waals surface area (Å²) in [5.41, 5.74) is 1.01. The highest BCUT2D eigenvalue weighted by molar-refractivity contribution is 5.98. The minimum atomic E-state index is -0.745. The van der Waals surface area contributed by atoms with E-state index in [1.54, 1.807) is 54.6 Å². The van der Waals surface area contributed by atoms with E-state index in [0.29, 0.717) is 28.2 Å². The Labute approximate surface area is 184 Å². The molecule has 1 aromatic heterocycles. The summed E-state index contributed by atoms with van der Waals surface area (Å²) in [6, 6.07) is 11.2. The van der Waals surface area contributed by atoms with Crippen molar-refractivity contribution in [3.05, 3.63) is 80.9 Å². The fraction of sp³-hybridized carbons (Fsp3) is 0.120. The summed E-state index contributed by atoms with van der Waals surface area (Å²) in [6.45, 7) is 1.30. The SMILES string of the molecule is COc1cc(/C=C/c2cc(/C=C/c3ccc(O)c(OC)c3)c(C(C)=O)c(=O)o2)ccc1O. The summed E-state index contributed by atoms with van der Waals surface area (Å²) in [5.74, 6) is 0.469. The largest absolute Gasteiger partial charge is 0.504 e. The lowest BCUT2D eigenvalue weighted by Crippen LogP contribution is -2.14. The minimum absolute atomic E-state index is 0.00714. The number of phenols is 2. The van der Waals surface area contributed by atoms with E-state index in [-0.39, 0.29) is 22.8 Å². The smallest absolute Gasteiger partial charge is 0.347 e. The molecule has 7 nitrogen and oxygen atoms in total. The van der Waals surface area contributed by atoms with Gasteiger partial charge in [-0.25, -0.2) is 4.79 Å². The summed E-state index contributed by atoms with van der Waals surface area (Å²) in [5, 5.41) is 19.4. The number of Topliss-reactive ketones (excluding diaryl/α,β-unsaturated/α-hetero) is 1. The number of methoxy groups -OCH3 is 2. The highest BCUT2D eigenvalue weighted by Gasteiger charge is 2.14. The molecule has 32 heavy (non-hydrogen) atoms. The maximum Gasteiger partial charge on any atom is 0.347 e. The summed E-state index contributed by atoms with van der Waals surface area (Å²) in [6.07, 6.45) is 6.59. The summed E-state index contributed by atoms with van der Waals surface area (Å²) >= 11 is 0. The molecule has 0 unspecified atom stereocenters. The highest BCUT2D eigenvalue weighted by atomic mass is 16.5. The molecule has 3 rings (SSSR count). The van der Waals surface area contributed by atoms with Gasteiger partial charge in [0.1, 0.15) is 11.3 Å². The lowest BCUT2D eigenvalue weighted by molar-refractivity contribution is 0.101. The Kier molecular flexibility index (Phi) is 6.80. The van der Waals surface area contributed by atoms with E-state index < -0.39 is 11.4 Å². The zero-order chi connectivity index (χ0) is 23.3. The molecule has 0 fully saturated rings. The van der Waals surface area contributed by atoms with Crippen LogP contribution in [-0.2, 0) is 0 Å². The lowest BCUT2D eigenvalue weighted by Gasteiger charge is -2.05. The van der Waals surface area contributed by atoms with Gasteiger partial charge in [0.15, 0.2) is 28.8 Å². The Balaban J connectivity index is 1.99. The Morgan fingerprint density at radius 2 is 1.38 bits per heavy atom. The van der Waals surface area contributed by atoms with Gasteiger partial charge in [0, 0.05) is 0 Å². The van der Waals surface area contributed by atoms with Gasteiger partial charge < -0.3 is 24.1 Å². The number of carbonyl (C=O) groups excluding carboxylic acids is 1. The average molecular weight is 434 g/mol. The van der Waals surface area contributed by atoms with Crippen molar-refractivity contribution in [2.75, 3.05) is 14.2 Å². The first-order valence-corrected chi connectivity index (χ1v) is 9.61. The van der Waals surface area contributed by atoms with Gasteiger partial charge in [0.05, 0.1) is 14.2 Å². The molecule has 0 atom stereocenters. The van der Waals surface area contributed by atoms with Crippen molar-refractivity contribution in [3.63, 3.8) is 0 Å². The first-order valence-electron chi connectivity index (χ1n) is 9.61. The first-order chi connectivity index (χ1) is 15.3. The molecule has 0 saturated carbocycles. The van der Waals surface area contributed by atoms with Crippen molar-refractivity contribution < 1.29 is 28.9 Å². The van der Waals surface area contributed by atoms with Crippen molar-refractivity contribution in [2.45, 2.75) is 6.92 Å². The quantitative estimate of drug-likeness (QED) is 0.523. The molecule has 0 amide bonds. The van der Waals surface area contributed by atoms with Crippen LogP contribution in [0.2, 0.25) is 0 Å². The molecule has 0 aliphatic heterocycles. The molecule has 0 spiro atoms. The van der Waals surface area contributed by atoms with Gasteiger partial charge in [-0.05, 0) is 60.0 Å². The van der Waals surface area contributed by atoms with Crippen molar-refractivity contribution in [3.8, 4) is 23.0 Å². The molecule has 0 aliphatic carbocycles. The third-order valence-corrected chi connectivity index (χ3v) is 4.66. The Morgan fingerprint density at radius 3 is 1.88 bits per heavy atom. The Bertz CT molecular complexity index is 1270. The number of ketones is 1. The number of hydrogen-bond donors (Lipinski definition) is 2. The minimum Gasteiger partial charge on any atom is -0.504 e. The molecule has 2 N–H and O–H groups in total. The summed E-state index contributed by atoms with van der Waals surface area (Å²) in [4.78, 5) is 24.5. The fourth-order valence-corrected chi connectivity index (χ4v) is 3.05. The van der Waals surface area contributed by atoms with Crippen LogP contribution < -0.4 is 15.1 Å². The van der Waals surface area contributed by atoms with Crippen LogP contribution in [-0.4, -0.2) is 30.2 Å². The van der Waals surface area contributed by atoms with Crippen LogP contribution in [0.3, 0.4) is 0 Å². The van der Waals surface area contributed by atoms with E-state index in [1.807, 2.05) is 0 Å². The number of benzene rings is 2. The molecule has 2 aromatic carbocycles. The maximum atomic E-state index is 12.5. The van der Waals surface area contributed by atoms with Crippen molar-refractivity contribution in [1.82, 2.24) is 0 Å². The van der Waals surface area contributed by atoms with E-state index in [2.05, 4.69) is 0 Å². The van der Waals surface area contributed by atoms with Crippen molar-refractivity contribution >= 4 is 30.1 Å². The lowest BCUT2D eigenvalue weighted by atomic mass is 10.0. The molecule has 3 aromatic rings. The number of hydrogen-bond acceptors (Lipinski definition) is 7. The van der Waals surface area contributed by atoms with E-state index in [1.165, 1.54) is 33.3 Å². The van der Waals surface area contributed by atoms with Crippen LogP contribution in [0.1, 0.15) is 39.7 Å². The van der Waals surface area contributed by atoms with E-state index in [0.717, 1.165) is 0 Å². The monoisotopic (exact) mass is 434 g/mol. The third kappa shape index (κ3) is 5.07. The summed E-state index contributed by atoms with van der Waals surface area (Å²) in [7, 11) is 2.89. The van der Waals surface area contributed by atoms with Gasteiger partial charge in [-0.3, -0.25) is 4.79 Å². The van der Waals surface area contributed by atoms with Crippen LogP contribution in [0, 0.1) is 0 Å². The molecule has 164 valence electrons. The van der Waals surface area contributed by atoms with Gasteiger partial charge >= 0.3 is 5.63 Å².